The summed E-state index contributed by atoms with van der Waals surface area (Å²) in [6.45, 7) is 26.0. The van der Waals surface area contributed by atoms with E-state index in [2.05, 4.69) is 182 Å². The number of fused-ring (bicyclic) bond motifs is 2. The van der Waals surface area contributed by atoms with Gasteiger partial charge in [-0.2, -0.15) is 0 Å². The van der Waals surface area contributed by atoms with Gasteiger partial charge in [-0.3, -0.25) is 0 Å². The van der Waals surface area contributed by atoms with Gasteiger partial charge in [0, 0.05) is 0 Å². The van der Waals surface area contributed by atoms with Crippen LogP contribution in [-0.4, -0.2) is 6.88 Å². The van der Waals surface area contributed by atoms with Crippen molar-refractivity contribution in [2.75, 3.05) is 0 Å². The third-order valence-corrected chi connectivity index (χ3v) is 28.9. The van der Waals surface area contributed by atoms with Crippen molar-refractivity contribution < 1.29 is 17.4 Å². The van der Waals surface area contributed by atoms with Crippen molar-refractivity contribution in [2.45, 2.75) is 96.6 Å². The van der Waals surface area contributed by atoms with Crippen molar-refractivity contribution in [2.24, 2.45) is 11.8 Å². The molecule has 0 bridgehead atoms. The monoisotopic (exact) mass is 800 g/mol. The number of benzene rings is 4. The van der Waals surface area contributed by atoms with Crippen LogP contribution in [0.3, 0.4) is 0 Å². The molecule has 2 unspecified atom stereocenters. The summed E-state index contributed by atoms with van der Waals surface area (Å²) in [5, 5.41) is 0. The molecule has 266 valence electrons. The second kappa shape index (κ2) is 14.1. The van der Waals surface area contributed by atoms with Gasteiger partial charge in [0.15, 0.2) is 0 Å². The Kier molecular flexibility index (Phi) is 11.5. The molecule has 50 heavy (non-hydrogen) atoms. The van der Waals surface area contributed by atoms with Crippen LogP contribution in [0.2, 0.25) is 9.26 Å². The Bertz CT molecular complexity index is 1870. The summed E-state index contributed by atoms with van der Waals surface area (Å²) in [7, 11) is 0. The SMILES string of the molecule is CC(C)C1=Cc2c(-c3ccc(C(C)(C)C)cc3)cccc2[CH]1[Zr]([CH3])([CH3])(=[SiH2])[CH]1C(C(C)C)=Cc2c(-c3ccc(C(C)(C)C)cc3)cccc21.Cl.Cl. The van der Waals surface area contributed by atoms with E-state index in [0.717, 1.165) is 0 Å². The maximum atomic E-state index is 2.79. The van der Waals surface area contributed by atoms with E-state index in [0.29, 0.717) is 19.1 Å². The number of allylic oxidation sites excluding steroid dienone is 2. The minimum atomic E-state index is -3.76. The Balaban J connectivity index is 0.00000281. The Hall–Kier alpha value is -1.96. The predicted molar refractivity (Wildman–Crippen MR) is 227 cm³/mol. The Morgan fingerprint density at radius 1 is 0.520 bits per heavy atom. The van der Waals surface area contributed by atoms with Crippen molar-refractivity contribution in [3.63, 3.8) is 0 Å². The molecule has 4 heteroatoms. The molecular weight excluding hydrogens is 743 g/mol. The fraction of sp³-hybridized carbons (Fsp3) is 0.391. The zero-order valence-electron chi connectivity index (χ0n) is 32.6. The van der Waals surface area contributed by atoms with E-state index in [-0.39, 0.29) is 35.6 Å². The largest absolute Gasteiger partial charge is 0.147 e. The molecule has 6 rings (SSSR count). The third-order valence-electron chi connectivity index (χ3n) is 11.5. The molecule has 2 aliphatic carbocycles. The van der Waals surface area contributed by atoms with E-state index in [9.17, 15) is 0 Å². The van der Waals surface area contributed by atoms with E-state index in [1.54, 1.807) is 22.3 Å². The fourth-order valence-corrected chi connectivity index (χ4v) is 28.8. The second-order valence-corrected chi connectivity index (χ2v) is 49.1. The molecule has 0 saturated heterocycles. The average Bonchev–Trinajstić information content (AvgIpc) is 3.62. The van der Waals surface area contributed by atoms with E-state index in [1.165, 1.54) is 44.5 Å². The molecule has 4 aromatic rings. The van der Waals surface area contributed by atoms with Crippen LogP contribution in [0.15, 0.2) is 96.1 Å². The molecule has 0 saturated carbocycles. The van der Waals surface area contributed by atoms with Crippen LogP contribution in [0.1, 0.15) is 110 Å². The Morgan fingerprint density at radius 2 is 0.840 bits per heavy atom. The first kappa shape index (κ1) is 40.8. The summed E-state index contributed by atoms with van der Waals surface area (Å²) in [5.41, 5.74) is 17.9. The van der Waals surface area contributed by atoms with Crippen LogP contribution < -0.4 is 0 Å². The van der Waals surface area contributed by atoms with Gasteiger partial charge in [-0.05, 0) is 0 Å². The van der Waals surface area contributed by atoms with Crippen LogP contribution in [0.5, 0.6) is 0 Å². The molecule has 0 aliphatic heterocycles. The quantitative estimate of drug-likeness (QED) is 0.170. The van der Waals surface area contributed by atoms with Crippen molar-refractivity contribution in [1.29, 1.82) is 0 Å². The van der Waals surface area contributed by atoms with E-state index in [4.69, 9.17) is 0 Å². The van der Waals surface area contributed by atoms with Gasteiger partial charge in [0.2, 0.25) is 0 Å². The molecular formula is C46H60Cl2SiZr. The molecule has 0 nitrogen and oxygen atoms in total. The standard InChI is InChI=1S/2C22H25.2CH3.2ClH.H2Si.Zr/c2*1-15(2)18-13-17-7-6-8-20(21(17)14-18)16-9-11-19(12-10-16)22(3,4)5;;;;;;/h2*6-15H,1-5H3;2*1H3;2*1H;1H2;. The summed E-state index contributed by atoms with van der Waals surface area (Å²) in [6, 6.07) is 33.1. The molecule has 0 radical (unpaired) electrons. The molecule has 2 atom stereocenters. The van der Waals surface area contributed by atoms with Crippen LogP contribution in [0.25, 0.3) is 34.4 Å². The first-order chi connectivity index (χ1) is 22.3. The Morgan fingerprint density at radius 3 is 1.12 bits per heavy atom. The zero-order valence-corrected chi connectivity index (χ0v) is 38.1. The van der Waals surface area contributed by atoms with E-state index < -0.39 is 17.4 Å². The van der Waals surface area contributed by atoms with Crippen molar-refractivity contribution >= 4 is 43.8 Å². The van der Waals surface area contributed by atoms with Gasteiger partial charge in [0.25, 0.3) is 0 Å². The minimum Gasteiger partial charge on any atom is -0.147 e. The number of rotatable bonds is 6. The molecule has 4 aromatic carbocycles. The molecule has 0 aromatic heterocycles. The zero-order chi connectivity index (χ0) is 35.0. The van der Waals surface area contributed by atoms with Crippen molar-refractivity contribution in [3.05, 3.63) is 129 Å². The maximum Gasteiger partial charge on any atom is -0.147 e. The normalized spacial score (nSPS) is 17.5. The first-order valence-electron chi connectivity index (χ1n) is 18.3. The molecule has 0 amide bonds. The van der Waals surface area contributed by atoms with E-state index in [1.807, 2.05) is 0 Å². The Labute approximate surface area is 319 Å². The van der Waals surface area contributed by atoms with Crippen LogP contribution in [0.4, 0.5) is 0 Å². The summed E-state index contributed by atoms with van der Waals surface area (Å²) < 4.78 is 6.59. The smallest absolute Gasteiger partial charge is 0.147 e. The maximum absolute atomic E-state index is 3.76. The van der Waals surface area contributed by atoms with Crippen LogP contribution in [0, 0.1) is 11.8 Å². The van der Waals surface area contributed by atoms with Crippen LogP contribution in [-0.2, 0) is 28.2 Å². The number of hydrogen-bond acceptors (Lipinski definition) is 0. The van der Waals surface area contributed by atoms with Gasteiger partial charge in [-0.25, -0.2) is 0 Å². The van der Waals surface area contributed by atoms with Crippen LogP contribution >= 0.6 is 24.8 Å². The minimum absolute atomic E-state index is 0. The summed E-state index contributed by atoms with van der Waals surface area (Å²) in [4.78, 5) is 0. The summed E-state index contributed by atoms with van der Waals surface area (Å²) in [5.74, 6) is 0.993. The first-order valence-corrected chi connectivity index (χ1v) is 31.9. The topological polar surface area (TPSA) is 0 Å². The molecule has 2 aliphatic rings. The van der Waals surface area contributed by atoms with Gasteiger partial charge in [0.05, 0.1) is 0 Å². The molecule has 0 N–H and O–H groups in total. The van der Waals surface area contributed by atoms with Crippen molar-refractivity contribution in [3.8, 4) is 22.3 Å². The average molecular weight is 803 g/mol. The molecule has 0 heterocycles. The molecule has 0 fully saturated rings. The second-order valence-electron chi connectivity index (χ2n) is 18.7. The summed E-state index contributed by atoms with van der Waals surface area (Å²) in [6.07, 6.45) is 5.24. The fourth-order valence-electron chi connectivity index (χ4n) is 8.94. The molecule has 0 spiro atoms. The third kappa shape index (κ3) is 7.18. The van der Waals surface area contributed by atoms with Gasteiger partial charge < -0.3 is 0 Å². The van der Waals surface area contributed by atoms with Gasteiger partial charge in [0.1, 0.15) is 0 Å². The predicted octanol–water partition coefficient (Wildman–Crippen LogP) is 13.7. The van der Waals surface area contributed by atoms with Crippen molar-refractivity contribution in [1.82, 2.24) is 0 Å². The number of halogens is 2. The van der Waals surface area contributed by atoms with Gasteiger partial charge in [-0.1, -0.05) is 0 Å². The van der Waals surface area contributed by atoms with Gasteiger partial charge in [-0.15, -0.1) is 24.8 Å². The van der Waals surface area contributed by atoms with Gasteiger partial charge >= 0.3 is 297 Å². The van der Waals surface area contributed by atoms with E-state index >= 15 is 0 Å². The number of hydrogen-bond donors (Lipinski definition) is 0. The summed E-state index contributed by atoms with van der Waals surface area (Å²) >= 11 is -3.76.